The number of carboxylic acids is 1. The van der Waals surface area contributed by atoms with Crippen LogP contribution in [-0.4, -0.2) is 155 Å². The number of nitrogens with two attached hydrogens (primary N) is 5. The van der Waals surface area contributed by atoms with E-state index in [4.69, 9.17) is 28.7 Å². The third kappa shape index (κ3) is 24.5. The molecule has 0 aliphatic heterocycles. The molecule has 74 heavy (non-hydrogen) atoms. The number of aliphatic hydroxyl groups excluding tert-OH is 1. The fraction of sp³-hybridized carbons (Fsp3) is 0.766. The van der Waals surface area contributed by atoms with Crippen molar-refractivity contribution in [3.8, 4) is 0 Å². The minimum absolute atomic E-state index is 0.0354. The summed E-state index contributed by atoms with van der Waals surface area (Å²) in [6.45, 7) is 13.3. The largest absolute Gasteiger partial charge is 0.480 e. The van der Waals surface area contributed by atoms with E-state index in [0.29, 0.717) is 51.5 Å². The molecule has 0 bridgehead atoms. The van der Waals surface area contributed by atoms with Crippen molar-refractivity contribution in [3.05, 3.63) is 0 Å². The SMILES string of the molecule is CC[C@H](C)[C@H](NC(=O)[C@H](CCC(N)=O)NC(=O)[C@@H](NC(=O)[C@H](CCCN=C(N)N)NC(=O)[C@@H](NC(=O)[C@H](CS)NC(=O)[C@@H](NC(=O)[C@@H](N)CCCCN)[C@@H](C)CC)[C@@H](C)CC)[C@@H](C)CC)C(=O)N[C@@H](CO)C(=O)O. The van der Waals surface area contributed by atoms with Crippen LogP contribution in [0.3, 0.4) is 0 Å². The number of carbonyl (C=O) groups is 10. The zero-order chi connectivity index (χ0) is 56.8. The van der Waals surface area contributed by atoms with Gasteiger partial charge in [-0.1, -0.05) is 87.5 Å². The van der Waals surface area contributed by atoms with E-state index in [9.17, 15) is 58.2 Å². The van der Waals surface area contributed by atoms with Gasteiger partial charge in [0.1, 0.15) is 48.3 Å². The Bertz CT molecular complexity index is 1880. The van der Waals surface area contributed by atoms with Gasteiger partial charge >= 0.3 is 5.97 Å². The Hall–Kier alpha value is -5.80. The van der Waals surface area contributed by atoms with Gasteiger partial charge in [-0.05, 0) is 62.3 Å². The first kappa shape index (κ1) is 68.2. The van der Waals surface area contributed by atoms with Gasteiger partial charge in [0.25, 0.3) is 0 Å². The average molecular weight is 1070 g/mol. The minimum atomic E-state index is -1.68. The monoisotopic (exact) mass is 1070 g/mol. The molecule has 0 aliphatic rings. The number of rotatable bonds is 38. The van der Waals surface area contributed by atoms with Gasteiger partial charge in [0.2, 0.25) is 53.2 Å². The molecule has 26 nitrogen and oxygen atoms in total. The molecular formula is C47H88N14O12S. The molecule has 0 rings (SSSR count). The molecule has 9 amide bonds. The van der Waals surface area contributed by atoms with Crippen molar-refractivity contribution in [2.75, 3.05) is 25.4 Å². The van der Waals surface area contributed by atoms with Gasteiger partial charge in [0.05, 0.1) is 12.6 Å². The number of primary amides is 1. The standard InChI is InChI=1S/C47H88N14O12S/c1-9-24(5)34(58-38(64)28(49)16-13-14-20-48)45(71)57-32(23-74)41(67)61-36(26(7)11-3)42(68)54-29(17-15-21-53-47(51)52)39(65)59-35(25(6)10-2)43(69)55-30(18-19-33(50)63)40(66)60-37(27(8)12-4)44(70)56-31(22-62)46(72)73/h24-32,34-37,62,74H,9-23,48-49H2,1-8H3,(H2,50,63)(H,54,68)(H,55,69)(H,56,70)(H,57,71)(H,58,64)(H,59,65)(H,60,66)(H,61,67)(H,72,73)(H4,51,52,53)/t24-,25-,26-,27-,28-,29-,30-,31-,32-,34-,35-,36-,37-/m0/s1. The lowest BCUT2D eigenvalue weighted by Gasteiger charge is -2.31. The number of nitrogens with one attached hydrogen (secondary N) is 8. The highest BCUT2D eigenvalue weighted by molar-refractivity contribution is 7.80. The fourth-order valence-electron chi connectivity index (χ4n) is 7.22. The van der Waals surface area contributed by atoms with Gasteiger partial charge < -0.3 is 81.4 Å². The van der Waals surface area contributed by atoms with Crippen LogP contribution in [0.1, 0.15) is 126 Å². The lowest BCUT2D eigenvalue weighted by molar-refractivity contribution is -0.143. The number of aliphatic hydroxyl groups is 1. The molecule has 0 aromatic carbocycles. The van der Waals surface area contributed by atoms with Gasteiger partial charge in [-0.25, -0.2) is 4.79 Å². The molecule has 0 aromatic rings. The van der Waals surface area contributed by atoms with E-state index in [1.807, 2.05) is 6.92 Å². The Morgan fingerprint density at radius 1 is 0.500 bits per heavy atom. The van der Waals surface area contributed by atoms with E-state index >= 15 is 0 Å². The number of hydrogen-bond donors (Lipinski definition) is 16. The average Bonchev–Trinajstić information content (AvgIpc) is 3.36. The second-order valence-corrected chi connectivity index (χ2v) is 19.1. The number of hydrogen-bond acceptors (Lipinski definition) is 15. The summed E-state index contributed by atoms with van der Waals surface area (Å²) >= 11 is 4.30. The molecule has 424 valence electrons. The maximum absolute atomic E-state index is 14.3. The molecule has 0 radical (unpaired) electrons. The van der Waals surface area contributed by atoms with E-state index in [0.717, 1.165) is 0 Å². The smallest absolute Gasteiger partial charge is 0.328 e. The van der Waals surface area contributed by atoms with Crippen molar-refractivity contribution < 1.29 is 58.2 Å². The first-order valence-corrected chi connectivity index (χ1v) is 26.1. The molecule has 0 unspecified atom stereocenters. The number of aliphatic imine (C=N–C) groups is 1. The van der Waals surface area contributed by atoms with Gasteiger partial charge in [0.15, 0.2) is 5.96 Å². The molecule has 0 saturated heterocycles. The zero-order valence-electron chi connectivity index (χ0n) is 44.4. The highest BCUT2D eigenvalue weighted by atomic mass is 32.1. The Morgan fingerprint density at radius 2 is 0.865 bits per heavy atom. The highest BCUT2D eigenvalue weighted by Gasteiger charge is 2.38. The molecule has 0 saturated carbocycles. The summed E-state index contributed by atoms with van der Waals surface area (Å²) in [5.74, 6) is -11.3. The van der Waals surface area contributed by atoms with E-state index in [2.05, 4.69) is 60.2 Å². The number of carbonyl (C=O) groups excluding carboxylic acids is 9. The van der Waals surface area contributed by atoms with Crippen LogP contribution < -0.4 is 71.2 Å². The normalized spacial score (nSPS) is 16.4. The highest BCUT2D eigenvalue weighted by Crippen LogP contribution is 2.16. The molecule has 0 heterocycles. The van der Waals surface area contributed by atoms with Gasteiger partial charge in [-0.3, -0.25) is 48.1 Å². The van der Waals surface area contributed by atoms with Crippen LogP contribution in [0.4, 0.5) is 0 Å². The van der Waals surface area contributed by atoms with Gasteiger partial charge in [-0.2, -0.15) is 12.6 Å². The van der Waals surface area contributed by atoms with Crippen molar-refractivity contribution in [3.63, 3.8) is 0 Å². The van der Waals surface area contributed by atoms with Crippen molar-refractivity contribution in [1.82, 2.24) is 42.5 Å². The van der Waals surface area contributed by atoms with Crippen LogP contribution >= 0.6 is 12.6 Å². The summed E-state index contributed by atoms with van der Waals surface area (Å²) in [6.07, 6.45) is 2.43. The summed E-state index contributed by atoms with van der Waals surface area (Å²) in [6, 6.07) is -11.8. The van der Waals surface area contributed by atoms with E-state index in [1.54, 1.807) is 48.5 Å². The second kappa shape index (κ2) is 36.2. The quantitative estimate of drug-likeness (QED) is 0.0126. The van der Waals surface area contributed by atoms with Crippen molar-refractivity contribution in [2.24, 2.45) is 57.3 Å². The Balaban J connectivity index is 6.81. The lowest BCUT2D eigenvalue weighted by Crippen LogP contribution is -2.62. The summed E-state index contributed by atoms with van der Waals surface area (Å²) in [7, 11) is 0. The minimum Gasteiger partial charge on any atom is -0.480 e. The number of unbranched alkanes of at least 4 members (excludes halogenated alkanes) is 1. The van der Waals surface area contributed by atoms with Crippen LogP contribution in [0, 0.1) is 23.7 Å². The van der Waals surface area contributed by atoms with Gasteiger partial charge in [-0.15, -0.1) is 0 Å². The molecule has 0 aliphatic carbocycles. The lowest BCUT2D eigenvalue weighted by atomic mass is 9.95. The summed E-state index contributed by atoms with van der Waals surface area (Å²) in [5.41, 5.74) is 28.1. The Kier molecular flexibility index (Phi) is 33.4. The van der Waals surface area contributed by atoms with Crippen LogP contribution in [0.15, 0.2) is 4.99 Å². The van der Waals surface area contributed by atoms with Gasteiger partial charge in [0, 0.05) is 18.7 Å². The van der Waals surface area contributed by atoms with Crippen LogP contribution in [-0.2, 0) is 47.9 Å². The number of carboxylic acid groups (broad SMARTS) is 1. The maximum Gasteiger partial charge on any atom is 0.328 e. The zero-order valence-corrected chi connectivity index (χ0v) is 45.3. The van der Waals surface area contributed by atoms with E-state index in [1.165, 1.54) is 0 Å². The van der Waals surface area contributed by atoms with Crippen molar-refractivity contribution in [2.45, 2.75) is 180 Å². The van der Waals surface area contributed by atoms with Crippen LogP contribution in [0.5, 0.6) is 0 Å². The van der Waals surface area contributed by atoms with E-state index < -0.39 is 144 Å². The summed E-state index contributed by atoms with van der Waals surface area (Å²) < 4.78 is 0. The van der Waals surface area contributed by atoms with Crippen LogP contribution in [0.2, 0.25) is 0 Å². The molecule has 0 fully saturated rings. The topological polar surface area (TPSA) is 450 Å². The number of amides is 9. The second-order valence-electron chi connectivity index (χ2n) is 18.8. The Labute approximate surface area is 440 Å². The summed E-state index contributed by atoms with van der Waals surface area (Å²) in [5, 5.41) is 39.5. The molecular weight excluding hydrogens is 985 g/mol. The molecule has 0 aromatic heterocycles. The molecule has 20 N–H and O–H groups in total. The number of thiol groups is 1. The first-order valence-electron chi connectivity index (χ1n) is 25.5. The predicted molar refractivity (Wildman–Crippen MR) is 281 cm³/mol. The number of nitrogens with zero attached hydrogens (tertiary/aromatic N) is 1. The summed E-state index contributed by atoms with van der Waals surface area (Å²) in [4.78, 5) is 138. The molecule has 13 atom stereocenters. The van der Waals surface area contributed by atoms with Crippen molar-refractivity contribution >= 4 is 77.7 Å². The Morgan fingerprint density at radius 3 is 1.20 bits per heavy atom. The van der Waals surface area contributed by atoms with Crippen LogP contribution in [0.25, 0.3) is 0 Å². The van der Waals surface area contributed by atoms with Crippen molar-refractivity contribution in [1.29, 1.82) is 0 Å². The third-order valence-corrected chi connectivity index (χ3v) is 13.3. The molecule has 27 heteroatoms. The molecule has 0 spiro atoms. The number of aliphatic carboxylic acids is 1. The number of guanidine groups is 1. The predicted octanol–water partition coefficient (Wildman–Crippen LogP) is -3.17. The first-order chi connectivity index (χ1) is 34.8. The fourth-order valence-corrected chi connectivity index (χ4v) is 7.48. The van der Waals surface area contributed by atoms with E-state index in [-0.39, 0.29) is 43.4 Å². The third-order valence-electron chi connectivity index (χ3n) is 13.0. The maximum atomic E-state index is 14.3.